The molecule has 0 fully saturated rings. The Kier molecular flexibility index (Phi) is 4.26. The topological polar surface area (TPSA) is 80.9 Å². The van der Waals surface area contributed by atoms with Crippen molar-refractivity contribution in [2.45, 2.75) is 0 Å². The molecule has 1 aromatic heterocycles. The summed E-state index contributed by atoms with van der Waals surface area (Å²) in [7, 11) is 1.53. The standard InChI is InChI=1S/C7H5BrN2O.H3N/c1-11-7-6(8)2-5(3-9)4-10-7;/h2,4H,1H3;1H3. The SMILES string of the molecule is COc1ncc(C#N)cc1Br.N. The number of hydrogen-bond acceptors (Lipinski definition) is 4. The van der Waals surface area contributed by atoms with E-state index in [1.54, 1.807) is 6.07 Å². The molecule has 0 atom stereocenters. The Morgan fingerprint density at radius 2 is 2.33 bits per heavy atom. The molecule has 3 N–H and O–H groups in total. The van der Waals surface area contributed by atoms with Gasteiger partial charge in [0.25, 0.3) is 0 Å². The van der Waals surface area contributed by atoms with Gasteiger partial charge in [-0.25, -0.2) is 4.98 Å². The number of nitrogens with zero attached hydrogens (tertiary/aromatic N) is 2. The summed E-state index contributed by atoms with van der Waals surface area (Å²) in [5.41, 5.74) is 0.512. The third kappa shape index (κ3) is 2.19. The fourth-order valence-electron chi connectivity index (χ4n) is 0.637. The van der Waals surface area contributed by atoms with Crippen LogP contribution in [0.15, 0.2) is 16.7 Å². The zero-order valence-corrected chi connectivity index (χ0v) is 8.13. The maximum atomic E-state index is 8.47. The van der Waals surface area contributed by atoms with Crippen LogP contribution in [0.5, 0.6) is 5.88 Å². The van der Waals surface area contributed by atoms with Gasteiger partial charge in [0.2, 0.25) is 5.88 Å². The second kappa shape index (κ2) is 4.70. The van der Waals surface area contributed by atoms with Crippen LogP contribution in [0, 0.1) is 11.3 Å². The summed E-state index contributed by atoms with van der Waals surface area (Å²) in [6, 6.07) is 3.63. The number of ether oxygens (including phenoxy) is 1. The normalized spacial score (nSPS) is 8.08. The minimum Gasteiger partial charge on any atom is -0.480 e. The van der Waals surface area contributed by atoms with E-state index < -0.39 is 0 Å². The first-order chi connectivity index (χ1) is 5.27. The molecule has 0 aromatic carbocycles. The number of nitriles is 1. The third-order valence-electron chi connectivity index (χ3n) is 1.13. The third-order valence-corrected chi connectivity index (χ3v) is 1.70. The van der Waals surface area contributed by atoms with Crippen LogP contribution in [-0.2, 0) is 0 Å². The highest BCUT2D eigenvalue weighted by Crippen LogP contribution is 2.21. The summed E-state index contributed by atoms with van der Waals surface area (Å²) in [6.45, 7) is 0. The molecule has 0 aliphatic rings. The lowest BCUT2D eigenvalue weighted by atomic mass is 10.3. The number of pyridine rings is 1. The van der Waals surface area contributed by atoms with Crippen molar-refractivity contribution in [3.63, 3.8) is 0 Å². The van der Waals surface area contributed by atoms with Crippen LogP contribution in [-0.4, -0.2) is 12.1 Å². The van der Waals surface area contributed by atoms with Gasteiger partial charge in [-0.15, -0.1) is 0 Å². The highest BCUT2D eigenvalue weighted by Gasteiger charge is 2.00. The average molecular weight is 230 g/mol. The quantitative estimate of drug-likeness (QED) is 0.798. The van der Waals surface area contributed by atoms with E-state index in [0.717, 1.165) is 0 Å². The van der Waals surface area contributed by atoms with E-state index in [0.29, 0.717) is 15.9 Å². The molecule has 0 radical (unpaired) electrons. The summed E-state index contributed by atoms with van der Waals surface area (Å²) >= 11 is 3.21. The zero-order chi connectivity index (χ0) is 8.27. The Bertz CT molecular complexity index is 308. The minimum absolute atomic E-state index is 0. The number of methoxy groups -OCH3 is 1. The maximum absolute atomic E-state index is 8.47. The molecule has 4 nitrogen and oxygen atoms in total. The van der Waals surface area contributed by atoms with Gasteiger partial charge in [0.05, 0.1) is 17.1 Å². The lowest BCUT2D eigenvalue weighted by molar-refractivity contribution is 0.395. The van der Waals surface area contributed by atoms with Gasteiger partial charge in [-0.05, 0) is 22.0 Å². The molecule has 0 bridgehead atoms. The van der Waals surface area contributed by atoms with Crippen molar-refractivity contribution in [2.75, 3.05) is 7.11 Å². The fourth-order valence-corrected chi connectivity index (χ4v) is 1.15. The number of halogens is 1. The molecule has 64 valence electrons. The molecule has 1 rings (SSSR count). The first kappa shape index (κ1) is 10.9. The molecule has 0 aliphatic carbocycles. The first-order valence-corrected chi connectivity index (χ1v) is 3.67. The molecule has 0 amide bonds. The van der Waals surface area contributed by atoms with Crippen LogP contribution in [0.25, 0.3) is 0 Å². The molecule has 12 heavy (non-hydrogen) atoms. The second-order valence-electron chi connectivity index (χ2n) is 1.83. The molecule has 5 heteroatoms. The Labute approximate surface area is 78.9 Å². The highest BCUT2D eigenvalue weighted by molar-refractivity contribution is 9.10. The predicted octanol–water partition coefficient (Wildman–Crippen LogP) is 1.89. The number of rotatable bonds is 1. The van der Waals surface area contributed by atoms with E-state index >= 15 is 0 Å². The van der Waals surface area contributed by atoms with Crippen LogP contribution in [0.1, 0.15) is 5.56 Å². The molecule has 0 spiro atoms. The molecule has 0 unspecified atom stereocenters. The lowest BCUT2D eigenvalue weighted by Crippen LogP contribution is -1.89. The van der Waals surface area contributed by atoms with Crippen LogP contribution >= 0.6 is 15.9 Å². The molecule has 0 saturated carbocycles. The Morgan fingerprint density at radius 1 is 1.67 bits per heavy atom. The van der Waals surface area contributed by atoms with E-state index in [9.17, 15) is 0 Å². The van der Waals surface area contributed by atoms with E-state index in [1.165, 1.54) is 13.3 Å². The Morgan fingerprint density at radius 3 is 2.75 bits per heavy atom. The second-order valence-corrected chi connectivity index (χ2v) is 2.68. The van der Waals surface area contributed by atoms with Crippen LogP contribution < -0.4 is 10.9 Å². The lowest BCUT2D eigenvalue weighted by Gasteiger charge is -1.99. The number of hydrogen-bond donors (Lipinski definition) is 1. The molecular formula is C7H8BrN3O. The van der Waals surface area contributed by atoms with E-state index in [-0.39, 0.29) is 6.15 Å². The van der Waals surface area contributed by atoms with Crippen molar-refractivity contribution < 1.29 is 4.74 Å². The summed E-state index contributed by atoms with van der Waals surface area (Å²) in [6.07, 6.45) is 1.46. The van der Waals surface area contributed by atoms with Gasteiger partial charge < -0.3 is 10.9 Å². The van der Waals surface area contributed by atoms with Crippen molar-refractivity contribution >= 4 is 15.9 Å². The summed E-state index contributed by atoms with van der Waals surface area (Å²) in [4.78, 5) is 3.88. The van der Waals surface area contributed by atoms with E-state index in [2.05, 4.69) is 20.9 Å². The van der Waals surface area contributed by atoms with E-state index in [4.69, 9.17) is 10.00 Å². The monoisotopic (exact) mass is 229 g/mol. The molecule has 1 aromatic rings. The average Bonchev–Trinajstić information content (AvgIpc) is 2.04. The predicted molar refractivity (Wildman–Crippen MR) is 48.2 cm³/mol. The van der Waals surface area contributed by atoms with Gasteiger partial charge in [0.15, 0.2) is 0 Å². The smallest absolute Gasteiger partial charge is 0.227 e. The zero-order valence-electron chi connectivity index (χ0n) is 6.54. The van der Waals surface area contributed by atoms with Gasteiger partial charge in [0, 0.05) is 6.20 Å². The van der Waals surface area contributed by atoms with Gasteiger partial charge in [-0.2, -0.15) is 5.26 Å². The summed E-state index contributed by atoms with van der Waals surface area (Å²) in [5, 5.41) is 8.47. The van der Waals surface area contributed by atoms with Crippen molar-refractivity contribution in [2.24, 2.45) is 0 Å². The Hall–Kier alpha value is -1.12. The van der Waals surface area contributed by atoms with Gasteiger partial charge >= 0.3 is 0 Å². The summed E-state index contributed by atoms with van der Waals surface area (Å²) < 4.78 is 5.57. The number of aromatic nitrogens is 1. The molecule has 1 heterocycles. The maximum Gasteiger partial charge on any atom is 0.227 e. The highest BCUT2D eigenvalue weighted by atomic mass is 79.9. The molecular weight excluding hydrogens is 222 g/mol. The summed E-state index contributed by atoms with van der Waals surface area (Å²) in [5.74, 6) is 0.490. The van der Waals surface area contributed by atoms with Crippen molar-refractivity contribution in [1.82, 2.24) is 11.1 Å². The van der Waals surface area contributed by atoms with Crippen molar-refractivity contribution in [3.05, 3.63) is 22.3 Å². The van der Waals surface area contributed by atoms with Crippen molar-refractivity contribution in [1.29, 1.82) is 5.26 Å². The van der Waals surface area contributed by atoms with Crippen LogP contribution in [0.2, 0.25) is 0 Å². The first-order valence-electron chi connectivity index (χ1n) is 2.87. The largest absolute Gasteiger partial charge is 0.480 e. The van der Waals surface area contributed by atoms with Gasteiger partial charge in [-0.1, -0.05) is 0 Å². The minimum atomic E-state index is 0. The molecule has 0 saturated heterocycles. The Balaban J connectivity index is 0.00000121. The van der Waals surface area contributed by atoms with E-state index in [1.807, 2.05) is 6.07 Å². The molecule has 0 aliphatic heterocycles. The van der Waals surface area contributed by atoms with Gasteiger partial charge in [0.1, 0.15) is 6.07 Å². The van der Waals surface area contributed by atoms with Crippen LogP contribution in [0.4, 0.5) is 0 Å². The van der Waals surface area contributed by atoms with Crippen LogP contribution in [0.3, 0.4) is 0 Å². The fraction of sp³-hybridized carbons (Fsp3) is 0.143. The van der Waals surface area contributed by atoms with Crippen molar-refractivity contribution in [3.8, 4) is 11.9 Å². The van der Waals surface area contributed by atoms with Gasteiger partial charge in [-0.3, -0.25) is 0 Å².